The van der Waals surface area contributed by atoms with Gasteiger partial charge in [0.2, 0.25) is 0 Å². The first-order valence-electron chi connectivity index (χ1n) is 6.76. The highest BCUT2D eigenvalue weighted by Gasteiger charge is 2.31. The van der Waals surface area contributed by atoms with E-state index in [0.717, 1.165) is 31.8 Å². The molecule has 0 aromatic heterocycles. The molecule has 0 fully saturated rings. The van der Waals surface area contributed by atoms with Crippen molar-refractivity contribution in [2.75, 3.05) is 31.5 Å². The van der Waals surface area contributed by atoms with Crippen LogP contribution < -0.4 is 11.1 Å². The Bertz CT molecular complexity index is 485. The number of nitrogens with two attached hydrogens (primary N) is 1. The average Bonchev–Trinajstić information content (AvgIpc) is 2.42. The van der Waals surface area contributed by atoms with Crippen LogP contribution >= 0.6 is 12.2 Å². The number of thiocarbonyl (C=S) groups is 1. The van der Waals surface area contributed by atoms with Gasteiger partial charge in [-0.05, 0) is 31.3 Å². The van der Waals surface area contributed by atoms with Crippen LogP contribution in [0.25, 0.3) is 0 Å². The molecule has 0 saturated carbocycles. The third-order valence-electron chi connectivity index (χ3n) is 3.25. The van der Waals surface area contributed by atoms with Crippen molar-refractivity contribution >= 4 is 22.9 Å². The highest BCUT2D eigenvalue weighted by atomic mass is 32.1. The molecule has 3 N–H and O–H groups in total. The molecule has 7 heteroatoms. The van der Waals surface area contributed by atoms with Crippen LogP contribution in [0.15, 0.2) is 18.2 Å². The number of halogens is 3. The van der Waals surface area contributed by atoms with Crippen LogP contribution in [0, 0.1) is 0 Å². The Hall–Kier alpha value is -1.34. The Labute approximate surface area is 128 Å². The quantitative estimate of drug-likeness (QED) is 0.758. The lowest BCUT2D eigenvalue weighted by Crippen LogP contribution is -2.29. The molecule has 1 aromatic rings. The van der Waals surface area contributed by atoms with Gasteiger partial charge in [0.1, 0.15) is 4.99 Å². The van der Waals surface area contributed by atoms with Crippen molar-refractivity contribution < 1.29 is 13.2 Å². The van der Waals surface area contributed by atoms with Crippen LogP contribution in [-0.2, 0) is 6.18 Å². The Morgan fingerprint density at radius 1 is 1.29 bits per heavy atom. The van der Waals surface area contributed by atoms with Gasteiger partial charge in [-0.2, -0.15) is 13.2 Å². The summed E-state index contributed by atoms with van der Waals surface area (Å²) in [6.07, 6.45) is -4.40. The van der Waals surface area contributed by atoms with Crippen molar-refractivity contribution in [1.82, 2.24) is 4.90 Å². The molecule has 1 rings (SSSR count). The standard InChI is InChI=1S/C14H20F3N3S/c1-3-20(4-2)8-7-19-12-6-5-10(14(15,16)17)9-11(12)13(18)21/h5-6,9,19H,3-4,7-8H2,1-2H3,(H2,18,21). The lowest BCUT2D eigenvalue weighted by atomic mass is 10.1. The predicted molar refractivity (Wildman–Crippen MR) is 83.6 cm³/mol. The second-order valence-corrected chi connectivity index (χ2v) is 5.02. The number of hydrogen-bond acceptors (Lipinski definition) is 3. The number of rotatable bonds is 7. The molecule has 0 unspecified atom stereocenters. The topological polar surface area (TPSA) is 41.3 Å². The van der Waals surface area contributed by atoms with Gasteiger partial charge in [0.15, 0.2) is 0 Å². The molecule has 0 aliphatic heterocycles. The number of nitrogens with zero attached hydrogens (tertiary/aromatic N) is 1. The first kappa shape index (κ1) is 17.7. The van der Waals surface area contributed by atoms with Crippen molar-refractivity contribution in [2.45, 2.75) is 20.0 Å². The van der Waals surface area contributed by atoms with Gasteiger partial charge in [0.05, 0.1) is 5.56 Å². The van der Waals surface area contributed by atoms with E-state index in [9.17, 15) is 13.2 Å². The first-order chi connectivity index (χ1) is 9.79. The van der Waals surface area contributed by atoms with Gasteiger partial charge in [-0.3, -0.25) is 0 Å². The largest absolute Gasteiger partial charge is 0.416 e. The molecule has 0 amide bonds. The van der Waals surface area contributed by atoms with E-state index in [0.29, 0.717) is 12.2 Å². The fourth-order valence-corrected chi connectivity index (χ4v) is 2.14. The molecule has 21 heavy (non-hydrogen) atoms. The van der Waals surface area contributed by atoms with E-state index in [-0.39, 0.29) is 10.6 Å². The average molecular weight is 319 g/mol. The summed E-state index contributed by atoms with van der Waals surface area (Å²) in [6.45, 7) is 7.37. The molecule has 0 spiro atoms. The number of hydrogen-bond donors (Lipinski definition) is 2. The van der Waals surface area contributed by atoms with Gasteiger partial charge < -0.3 is 16.0 Å². The zero-order chi connectivity index (χ0) is 16.0. The zero-order valence-corrected chi connectivity index (χ0v) is 12.9. The van der Waals surface area contributed by atoms with Crippen LogP contribution in [0.5, 0.6) is 0 Å². The summed E-state index contributed by atoms with van der Waals surface area (Å²) in [6, 6.07) is 3.39. The number of benzene rings is 1. The molecule has 1 aromatic carbocycles. The molecule has 0 aliphatic carbocycles. The minimum Gasteiger partial charge on any atom is -0.389 e. The van der Waals surface area contributed by atoms with Gasteiger partial charge in [0.25, 0.3) is 0 Å². The monoisotopic (exact) mass is 319 g/mol. The van der Waals surface area contributed by atoms with Gasteiger partial charge in [-0.15, -0.1) is 0 Å². The maximum atomic E-state index is 12.7. The lowest BCUT2D eigenvalue weighted by Gasteiger charge is -2.19. The predicted octanol–water partition coefficient (Wildman–Crippen LogP) is 3.09. The van der Waals surface area contributed by atoms with Crippen LogP contribution in [-0.4, -0.2) is 36.1 Å². The molecule has 0 saturated heterocycles. The van der Waals surface area contributed by atoms with Crippen LogP contribution in [0.3, 0.4) is 0 Å². The summed E-state index contributed by atoms with van der Waals surface area (Å²) in [5.74, 6) is 0. The minimum atomic E-state index is -4.40. The van der Waals surface area contributed by atoms with Crippen molar-refractivity contribution in [2.24, 2.45) is 5.73 Å². The molecule has 0 atom stereocenters. The van der Waals surface area contributed by atoms with Crippen molar-refractivity contribution in [1.29, 1.82) is 0 Å². The summed E-state index contributed by atoms with van der Waals surface area (Å²) in [7, 11) is 0. The van der Waals surface area contributed by atoms with E-state index in [1.165, 1.54) is 6.07 Å². The third kappa shape index (κ3) is 5.17. The second-order valence-electron chi connectivity index (χ2n) is 4.58. The van der Waals surface area contributed by atoms with E-state index in [1.54, 1.807) is 0 Å². The highest BCUT2D eigenvalue weighted by Crippen LogP contribution is 2.31. The van der Waals surface area contributed by atoms with Gasteiger partial charge >= 0.3 is 6.18 Å². The summed E-state index contributed by atoms with van der Waals surface area (Å²) in [5, 5.41) is 3.10. The molecular weight excluding hydrogens is 299 g/mol. The number of likely N-dealkylation sites (N-methyl/N-ethyl adjacent to an activating group) is 1. The van der Waals surface area contributed by atoms with Gasteiger partial charge in [0, 0.05) is 24.3 Å². The van der Waals surface area contributed by atoms with E-state index in [1.807, 2.05) is 0 Å². The third-order valence-corrected chi connectivity index (χ3v) is 3.47. The van der Waals surface area contributed by atoms with Gasteiger partial charge in [-0.25, -0.2) is 0 Å². The minimum absolute atomic E-state index is 0.0496. The maximum Gasteiger partial charge on any atom is 0.416 e. The summed E-state index contributed by atoms with van der Waals surface area (Å²) in [5.41, 5.74) is 5.53. The fourth-order valence-electron chi connectivity index (χ4n) is 1.97. The van der Waals surface area contributed by atoms with Crippen molar-refractivity contribution in [3.8, 4) is 0 Å². The molecule has 118 valence electrons. The molecule has 0 aliphatic rings. The SMILES string of the molecule is CCN(CC)CCNc1ccc(C(F)(F)F)cc1C(N)=S. The fraction of sp³-hybridized carbons (Fsp3) is 0.500. The van der Waals surface area contributed by atoms with E-state index in [4.69, 9.17) is 18.0 Å². The summed E-state index contributed by atoms with van der Waals surface area (Å²) < 4.78 is 38.1. The maximum absolute atomic E-state index is 12.7. The molecule has 3 nitrogen and oxygen atoms in total. The highest BCUT2D eigenvalue weighted by molar-refractivity contribution is 7.80. The molecule has 0 bridgehead atoms. The Morgan fingerprint density at radius 3 is 2.38 bits per heavy atom. The number of alkyl halides is 3. The van der Waals surface area contributed by atoms with E-state index < -0.39 is 11.7 Å². The van der Waals surface area contributed by atoms with Crippen LogP contribution in [0.1, 0.15) is 25.0 Å². The number of nitrogens with one attached hydrogen (secondary N) is 1. The smallest absolute Gasteiger partial charge is 0.389 e. The lowest BCUT2D eigenvalue weighted by molar-refractivity contribution is -0.137. The van der Waals surface area contributed by atoms with E-state index in [2.05, 4.69) is 24.1 Å². The van der Waals surface area contributed by atoms with Crippen LogP contribution in [0.2, 0.25) is 0 Å². The van der Waals surface area contributed by atoms with Crippen molar-refractivity contribution in [3.63, 3.8) is 0 Å². The normalized spacial score (nSPS) is 11.7. The van der Waals surface area contributed by atoms with E-state index >= 15 is 0 Å². The molecule has 0 heterocycles. The first-order valence-corrected chi connectivity index (χ1v) is 7.17. The summed E-state index contributed by atoms with van der Waals surface area (Å²) >= 11 is 4.84. The van der Waals surface area contributed by atoms with Crippen LogP contribution in [0.4, 0.5) is 18.9 Å². The summed E-state index contributed by atoms with van der Waals surface area (Å²) in [4.78, 5) is 2.16. The zero-order valence-electron chi connectivity index (χ0n) is 12.1. The van der Waals surface area contributed by atoms with Crippen molar-refractivity contribution in [3.05, 3.63) is 29.3 Å². The Kier molecular flexibility index (Phi) is 6.42. The van der Waals surface area contributed by atoms with Gasteiger partial charge in [-0.1, -0.05) is 26.1 Å². The molecule has 0 radical (unpaired) electrons. The number of anilines is 1. The molecular formula is C14H20F3N3S. The Balaban J connectivity index is 2.85. The Morgan fingerprint density at radius 2 is 1.90 bits per heavy atom. The second kappa shape index (κ2) is 7.61.